The highest BCUT2D eigenvalue weighted by Crippen LogP contribution is 1.97. The molecule has 5 nitrogen and oxygen atoms in total. The van der Waals surface area contributed by atoms with Crippen LogP contribution in [0.5, 0.6) is 0 Å². The minimum absolute atomic E-state index is 0.0231. The summed E-state index contributed by atoms with van der Waals surface area (Å²) >= 11 is 5.32. The molecule has 0 N–H and O–H groups in total. The average molecular weight is 225 g/mol. The Morgan fingerprint density at radius 2 is 1.57 bits per heavy atom. The molecule has 0 rings (SSSR count). The number of hydrogen-bond acceptors (Lipinski definition) is 5. The zero-order chi connectivity index (χ0) is 11.0. The second-order valence-electron chi connectivity index (χ2n) is 2.50. The summed E-state index contributed by atoms with van der Waals surface area (Å²) in [5.41, 5.74) is 0. The number of hydrogen-bond donors (Lipinski definition) is 0. The Morgan fingerprint density at radius 3 is 1.86 bits per heavy atom. The second kappa shape index (κ2) is 7.58. The maximum absolute atomic E-state index is 10.5. The van der Waals surface area contributed by atoms with E-state index in [0.717, 1.165) is 0 Å². The maximum atomic E-state index is 10.5. The van der Waals surface area contributed by atoms with Crippen LogP contribution < -0.4 is 0 Å². The number of ether oxygens (including phenoxy) is 3. The second-order valence-corrected chi connectivity index (χ2v) is 2.72. The van der Waals surface area contributed by atoms with Crippen LogP contribution in [0.3, 0.4) is 0 Å². The van der Waals surface area contributed by atoms with Crippen LogP contribution in [-0.2, 0) is 23.8 Å². The van der Waals surface area contributed by atoms with Crippen molar-refractivity contribution in [3.8, 4) is 0 Å². The fourth-order valence-corrected chi connectivity index (χ4v) is 0.832. The molecule has 0 aromatic carbocycles. The van der Waals surface area contributed by atoms with Crippen LogP contribution in [0.1, 0.15) is 13.8 Å². The van der Waals surface area contributed by atoms with Gasteiger partial charge in [0.2, 0.25) is 0 Å². The molecule has 0 fully saturated rings. The van der Waals surface area contributed by atoms with Gasteiger partial charge in [0.05, 0.1) is 0 Å². The lowest BCUT2D eigenvalue weighted by Crippen LogP contribution is -2.27. The number of halogens is 1. The van der Waals surface area contributed by atoms with Gasteiger partial charge in [0.25, 0.3) is 0 Å². The fourth-order valence-electron chi connectivity index (χ4n) is 0.654. The van der Waals surface area contributed by atoms with Crippen molar-refractivity contribution in [3.05, 3.63) is 0 Å². The van der Waals surface area contributed by atoms with E-state index in [1.54, 1.807) is 0 Å². The molecule has 0 radical (unpaired) electrons. The first-order chi connectivity index (χ1) is 6.56. The topological polar surface area (TPSA) is 61.8 Å². The van der Waals surface area contributed by atoms with E-state index in [-0.39, 0.29) is 19.3 Å². The maximum Gasteiger partial charge on any atom is 0.302 e. The van der Waals surface area contributed by atoms with Crippen LogP contribution in [-0.4, -0.2) is 37.3 Å². The van der Waals surface area contributed by atoms with E-state index in [4.69, 9.17) is 16.3 Å². The normalized spacial score (nSPS) is 10.0. The van der Waals surface area contributed by atoms with Crippen molar-refractivity contribution in [1.82, 2.24) is 0 Å². The lowest BCUT2D eigenvalue weighted by molar-refractivity contribution is -0.151. The number of carbonyl (C=O) groups is 2. The van der Waals surface area contributed by atoms with Gasteiger partial charge < -0.3 is 14.2 Å². The van der Waals surface area contributed by atoms with E-state index in [2.05, 4.69) is 9.47 Å². The van der Waals surface area contributed by atoms with Crippen LogP contribution >= 0.6 is 11.6 Å². The lowest BCUT2D eigenvalue weighted by Gasteiger charge is -2.15. The summed E-state index contributed by atoms with van der Waals surface area (Å²) in [5, 5.41) is 0. The first-order valence-corrected chi connectivity index (χ1v) is 4.54. The molecule has 0 saturated carbocycles. The SMILES string of the molecule is CC(=O)OCC(COC(C)=O)OCCl. The third kappa shape index (κ3) is 7.82. The van der Waals surface area contributed by atoms with Gasteiger partial charge in [0.15, 0.2) is 0 Å². The lowest BCUT2D eigenvalue weighted by atomic mass is 10.4. The average Bonchev–Trinajstić information content (AvgIpc) is 2.09. The van der Waals surface area contributed by atoms with Crippen LogP contribution in [0, 0.1) is 0 Å². The summed E-state index contributed by atoms with van der Waals surface area (Å²) in [4.78, 5) is 20.9. The van der Waals surface area contributed by atoms with Gasteiger partial charge in [-0.25, -0.2) is 0 Å². The first-order valence-electron chi connectivity index (χ1n) is 4.00. The summed E-state index contributed by atoms with van der Waals surface area (Å²) in [7, 11) is 0. The minimum Gasteiger partial charge on any atom is -0.463 e. The largest absolute Gasteiger partial charge is 0.463 e. The van der Waals surface area contributed by atoms with Crippen molar-refractivity contribution in [2.75, 3.05) is 19.3 Å². The van der Waals surface area contributed by atoms with Crippen LogP contribution in [0.2, 0.25) is 0 Å². The number of carbonyl (C=O) groups excluding carboxylic acids is 2. The van der Waals surface area contributed by atoms with Crippen LogP contribution in [0.15, 0.2) is 0 Å². The molecule has 0 unspecified atom stereocenters. The van der Waals surface area contributed by atoms with E-state index < -0.39 is 18.0 Å². The monoisotopic (exact) mass is 224 g/mol. The molecule has 0 spiro atoms. The Hall–Kier alpha value is -0.810. The summed E-state index contributed by atoms with van der Waals surface area (Å²) in [6, 6.07) is -0.0484. The molecule has 0 aliphatic heterocycles. The molecule has 0 heterocycles. The van der Waals surface area contributed by atoms with E-state index in [1.807, 2.05) is 0 Å². The Balaban J connectivity index is 3.76. The molecule has 0 saturated heterocycles. The molecule has 0 aliphatic carbocycles. The van der Waals surface area contributed by atoms with Gasteiger partial charge in [0, 0.05) is 13.8 Å². The van der Waals surface area contributed by atoms with Gasteiger partial charge in [-0.15, -0.1) is 0 Å². The van der Waals surface area contributed by atoms with Crippen molar-refractivity contribution in [3.63, 3.8) is 0 Å². The Bertz CT molecular complexity index is 176. The Morgan fingerprint density at radius 1 is 1.14 bits per heavy atom. The van der Waals surface area contributed by atoms with Gasteiger partial charge >= 0.3 is 11.9 Å². The summed E-state index contributed by atoms with van der Waals surface area (Å²) in [6.07, 6.45) is -0.514. The third-order valence-electron chi connectivity index (χ3n) is 1.24. The van der Waals surface area contributed by atoms with Gasteiger partial charge in [-0.1, -0.05) is 11.6 Å². The molecule has 82 valence electrons. The highest BCUT2D eigenvalue weighted by molar-refractivity contribution is 6.17. The predicted octanol–water partition coefficient (Wildman–Crippen LogP) is 0.694. The fraction of sp³-hybridized carbons (Fsp3) is 0.750. The highest BCUT2D eigenvalue weighted by atomic mass is 35.5. The zero-order valence-corrected chi connectivity index (χ0v) is 8.87. The molecule has 0 aromatic rings. The summed E-state index contributed by atoms with van der Waals surface area (Å²) < 4.78 is 14.3. The highest BCUT2D eigenvalue weighted by Gasteiger charge is 2.12. The van der Waals surface area contributed by atoms with Crippen molar-refractivity contribution >= 4 is 23.5 Å². The molecule has 0 atom stereocenters. The van der Waals surface area contributed by atoms with Crippen LogP contribution in [0.25, 0.3) is 0 Å². The molecule has 0 aliphatic rings. The third-order valence-corrected chi connectivity index (χ3v) is 1.37. The van der Waals surface area contributed by atoms with Gasteiger partial charge in [-0.3, -0.25) is 9.59 Å². The predicted molar refractivity (Wildman–Crippen MR) is 48.9 cm³/mol. The van der Waals surface area contributed by atoms with Gasteiger partial charge in [0.1, 0.15) is 25.4 Å². The quantitative estimate of drug-likeness (QED) is 0.491. The Labute approximate surface area is 87.3 Å². The molecule has 0 amide bonds. The Kier molecular flexibility index (Phi) is 7.14. The van der Waals surface area contributed by atoms with Crippen molar-refractivity contribution in [2.24, 2.45) is 0 Å². The van der Waals surface area contributed by atoms with Gasteiger partial charge in [-0.05, 0) is 0 Å². The van der Waals surface area contributed by atoms with E-state index in [0.29, 0.717) is 0 Å². The standard InChI is InChI=1S/C8H13ClO5/c1-6(10)12-3-8(14-5-9)4-13-7(2)11/h8H,3-5H2,1-2H3. The number of alkyl halides is 1. The van der Waals surface area contributed by atoms with E-state index in [9.17, 15) is 9.59 Å². The van der Waals surface area contributed by atoms with Gasteiger partial charge in [-0.2, -0.15) is 0 Å². The minimum atomic E-state index is -0.514. The summed E-state index contributed by atoms with van der Waals surface area (Å²) in [5.74, 6) is -0.841. The van der Waals surface area contributed by atoms with Crippen molar-refractivity contribution in [1.29, 1.82) is 0 Å². The van der Waals surface area contributed by atoms with E-state index in [1.165, 1.54) is 13.8 Å². The zero-order valence-electron chi connectivity index (χ0n) is 8.12. The first kappa shape index (κ1) is 13.2. The summed E-state index contributed by atoms with van der Waals surface area (Å²) in [6.45, 7) is 2.61. The smallest absolute Gasteiger partial charge is 0.302 e. The molecule has 0 aromatic heterocycles. The molecule has 6 heteroatoms. The van der Waals surface area contributed by atoms with Crippen molar-refractivity contribution in [2.45, 2.75) is 20.0 Å². The molecule has 14 heavy (non-hydrogen) atoms. The molecular weight excluding hydrogens is 212 g/mol. The molecule has 0 bridgehead atoms. The molecular formula is C8H13ClO5. The number of esters is 2. The van der Waals surface area contributed by atoms with Crippen LogP contribution in [0.4, 0.5) is 0 Å². The number of rotatable bonds is 6. The van der Waals surface area contributed by atoms with Crippen molar-refractivity contribution < 1.29 is 23.8 Å². The van der Waals surface area contributed by atoms with E-state index >= 15 is 0 Å².